The average molecular weight is 318 g/mol. The van der Waals surface area contributed by atoms with E-state index in [-0.39, 0.29) is 12.3 Å². The van der Waals surface area contributed by atoms with Crippen LogP contribution in [0.1, 0.15) is 43.5 Å². The molecule has 122 valence electrons. The van der Waals surface area contributed by atoms with Crippen LogP contribution < -0.4 is 5.32 Å². The van der Waals surface area contributed by atoms with E-state index in [1.54, 1.807) is 6.20 Å². The first-order valence-electron chi connectivity index (χ1n) is 7.74. The number of amides is 1. The second-order valence-electron chi connectivity index (χ2n) is 5.40. The van der Waals surface area contributed by atoms with Crippen molar-refractivity contribution in [3.05, 3.63) is 65.5 Å². The number of aromatic nitrogens is 1. The number of carbonyl (C=O) groups excluding carboxylic acids is 1. The summed E-state index contributed by atoms with van der Waals surface area (Å²) < 4.78 is 27.0. The average Bonchev–Trinajstić information content (AvgIpc) is 2.54. The number of carbonyl (C=O) groups is 1. The highest BCUT2D eigenvalue weighted by molar-refractivity contribution is 5.76. The molecule has 0 aliphatic carbocycles. The van der Waals surface area contributed by atoms with E-state index in [0.717, 1.165) is 18.2 Å². The van der Waals surface area contributed by atoms with Crippen LogP contribution in [0.2, 0.25) is 0 Å². The van der Waals surface area contributed by atoms with E-state index in [1.807, 2.05) is 25.1 Å². The Morgan fingerprint density at radius 2 is 2.09 bits per heavy atom. The lowest BCUT2D eigenvalue weighted by Crippen LogP contribution is -2.29. The number of halogens is 2. The van der Waals surface area contributed by atoms with Crippen LogP contribution in [0.4, 0.5) is 8.78 Å². The predicted molar refractivity (Wildman–Crippen MR) is 84.7 cm³/mol. The summed E-state index contributed by atoms with van der Waals surface area (Å²) in [5, 5.41) is 2.84. The highest BCUT2D eigenvalue weighted by atomic mass is 19.1. The number of aryl methyl sites for hydroxylation is 1. The largest absolute Gasteiger partial charge is 0.349 e. The molecule has 0 saturated carbocycles. The van der Waals surface area contributed by atoms with Crippen LogP contribution in [0.3, 0.4) is 0 Å². The summed E-state index contributed by atoms with van der Waals surface area (Å²) in [5.74, 6) is -1.42. The fraction of sp³-hybridized carbons (Fsp3) is 0.333. The molecule has 1 aromatic carbocycles. The Bertz CT molecular complexity index is 647. The van der Waals surface area contributed by atoms with Crippen molar-refractivity contribution in [3.8, 4) is 0 Å². The minimum atomic E-state index is -0.631. The number of hydrogen-bond acceptors (Lipinski definition) is 2. The van der Waals surface area contributed by atoms with Crippen molar-refractivity contribution in [1.29, 1.82) is 0 Å². The Morgan fingerprint density at radius 3 is 2.74 bits per heavy atom. The Kier molecular flexibility index (Phi) is 6.20. The van der Waals surface area contributed by atoms with Gasteiger partial charge in [0.25, 0.3) is 0 Å². The van der Waals surface area contributed by atoms with Crippen LogP contribution >= 0.6 is 0 Å². The minimum absolute atomic E-state index is 0.169. The smallest absolute Gasteiger partial charge is 0.220 e. The Balaban J connectivity index is 1.99. The maximum absolute atomic E-state index is 13.9. The first-order chi connectivity index (χ1) is 11.1. The van der Waals surface area contributed by atoms with Gasteiger partial charge in [0.15, 0.2) is 0 Å². The lowest BCUT2D eigenvalue weighted by atomic mass is 10.0. The fourth-order valence-corrected chi connectivity index (χ4v) is 2.43. The topological polar surface area (TPSA) is 42.0 Å². The summed E-state index contributed by atoms with van der Waals surface area (Å²) in [7, 11) is 0. The standard InChI is InChI=1S/C18H20F2N2O/c1-2-5-17(15-9-7-13(19)12-16(15)20)22-18(23)10-8-14-6-3-4-11-21-14/h3-4,6-7,9,11-12,17H,2,5,8,10H2,1H3,(H,22,23)/t17-/m1/s1. The molecule has 5 heteroatoms. The number of pyridine rings is 1. The summed E-state index contributed by atoms with van der Waals surface area (Å²) in [6.07, 6.45) is 3.86. The van der Waals surface area contributed by atoms with Crippen LogP contribution in [0.25, 0.3) is 0 Å². The Hall–Kier alpha value is -2.30. The molecule has 1 N–H and O–H groups in total. The molecule has 0 bridgehead atoms. The number of nitrogens with zero attached hydrogens (tertiary/aromatic N) is 1. The molecule has 2 rings (SSSR count). The van der Waals surface area contributed by atoms with E-state index >= 15 is 0 Å². The molecular weight excluding hydrogens is 298 g/mol. The zero-order valence-corrected chi connectivity index (χ0v) is 13.1. The lowest BCUT2D eigenvalue weighted by Gasteiger charge is -2.19. The van der Waals surface area contributed by atoms with Gasteiger partial charge in [-0.25, -0.2) is 8.78 Å². The van der Waals surface area contributed by atoms with Gasteiger partial charge in [-0.3, -0.25) is 9.78 Å². The van der Waals surface area contributed by atoms with Gasteiger partial charge in [0.05, 0.1) is 6.04 Å². The highest BCUT2D eigenvalue weighted by Crippen LogP contribution is 2.22. The van der Waals surface area contributed by atoms with E-state index in [1.165, 1.54) is 12.1 Å². The maximum atomic E-state index is 13.9. The molecule has 0 radical (unpaired) electrons. The maximum Gasteiger partial charge on any atom is 0.220 e. The fourth-order valence-electron chi connectivity index (χ4n) is 2.43. The van der Waals surface area contributed by atoms with Crippen LogP contribution in [-0.2, 0) is 11.2 Å². The van der Waals surface area contributed by atoms with Crippen LogP contribution in [0, 0.1) is 11.6 Å². The van der Waals surface area contributed by atoms with Crippen molar-refractivity contribution in [1.82, 2.24) is 10.3 Å². The molecule has 3 nitrogen and oxygen atoms in total. The minimum Gasteiger partial charge on any atom is -0.349 e. The van der Waals surface area contributed by atoms with Crippen molar-refractivity contribution < 1.29 is 13.6 Å². The Morgan fingerprint density at radius 1 is 1.26 bits per heavy atom. The highest BCUT2D eigenvalue weighted by Gasteiger charge is 2.18. The van der Waals surface area contributed by atoms with Gasteiger partial charge in [0.2, 0.25) is 5.91 Å². The van der Waals surface area contributed by atoms with E-state index in [4.69, 9.17) is 0 Å². The van der Waals surface area contributed by atoms with Gasteiger partial charge in [-0.05, 0) is 31.0 Å². The molecule has 1 atom stereocenters. The second-order valence-corrected chi connectivity index (χ2v) is 5.40. The molecule has 1 amide bonds. The van der Waals surface area contributed by atoms with Gasteiger partial charge in [-0.15, -0.1) is 0 Å². The molecule has 0 unspecified atom stereocenters. The normalized spacial score (nSPS) is 12.0. The molecular formula is C18H20F2N2O. The predicted octanol–water partition coefficient (Wildman–Crippen LogP) is 3.95. The zero-order chi connectivity index (χ0) is 16.7. The first kappa shape index (κ1) is 17.1. The van der Waals surface area contributed by atoms with Gasteiger partial charge < -0.3 is 5.32 Å². The zero-order valence-electron chi connectivity index (χ0n) is 13.1. The molecule has 2 aromatic rings. The summed E-state index contributed by atoms with van der Waals surface area (Å²) in [6.45, 7) is 1.95. The quantitative estimate of drug-likeness (QED) is 0.840. The molecule has 0 saturated heterocycles. The van der Waals surface area contributed by atoms with Crippen LogP contribution in [-0.4, -0.2) is 10.9 Å². The number of hydrogen-bond donors (Lipinski definition) is 1. The van der Waals surface area contributed by atoms with Crippen LogP contribution in [0.5, 0.6) is 0 Å². The molecule has 0 spiro atoms. The lowest BCUT2D eigenvalue weighted by molar-refractivity contribution is -0.121. The van der Waals surface area contributed by atoms with Crippen LogP contribution in [0.15, 0.2) is 42.6 Å². The van der Waals surface area contributed by atoms with E-state index < -0.39 is 17.7 Å². The van der Waals surface area contributed by atoms with Crippen molar-refractivity contribution in [3.63, 3.8) is 0 Å². The second kappa shape index (κ2) is 8.36. The molecule has 0 fully saturated rings. The third-order valence-corrected chi connectivity index (χ3v) is 3.58. The third-order valence-electron chi connectivity index (χ3n) is 3.58. The number of nitrogens with one attached hydrogen (secondary N) is 1. The Labute approximate surface area is 134 Å². The molecule has 0 aliphatic heterocycles. The summed E-state index contributed by atoms with van der Waals surface area (Å²) in [4.78, 5) is 16.3. The van der Waals surface area contributed by atoms with E-state index in [0.29, 0.717) is 18.4 Å². The summed E-state index contributed by atoms with van der Waals surface area (Å²) >= 11 is 0. The molecule has 1 aromatic heterocycles. The van der Waals surface area contributed by atoms with Gasteiger partial charge in [-0.1, -0.05) is 25.5 Å². The third kappa shape index (κ3) is 5.13. The van der Waals surface area contributed by atoms with Gasteiger partial charge in [0, 0.05) is 29.9 Å². The van der Waals surface area contributed by atoms with Gasteiger partial charge in [-0.2, -0.15) is 0 Å². The van der Waals surface area contributed by atoms with E-state index in [2.05, 4.69) is 10.3 Å². The van der Waals surface area contributed by atoms with Crippen molar-refractivity contribution >= 4 is 5.91 Å². The van der Waals surface area contributed by atoms with E-state index in [9.17, 15) is 13.6 Å². The molecule has 23 heavy (non-hydrogen) atoms. The monoisotopic (exact) mass is 318 g/mol. The SMILES string of the molecule is CCC[C@@H](NC(=O)CCc1ccccn1)c1ccc(F)cc1F. The number of benzene rings is 1. The summed E-state index contributed by atoms with van der Waals surface area (Å²) in [6, 6.07) is 8.54. The number of rotatable bonds is 7. The summed E-state index contributed by atoms with van der Waals surface area (Å²) in [5.41, 5.74) is 1.15. The van der Waals surface area contributed by atoms with Crippen molar-refractivity contribution in [2.75, 3.05) is 0 Å². The molecule has 1 heterocycles. The van der Waals surface area contributed by atoms with Gasteiger partial charge in [0.1, 0.15) is 11.6 Å². The van der Waals surface area contributed by atoms with Gasteiger partial charge >= 0.3 is 0 Å². The van der Waals surface area contributed by atoms with Crippen molar-refractivity contribution in [2.24, 2.45) is 0 Å². The first-order valence-corrected chi connectivity index (χ1v) is 7.74. The molecule has 0 aliphatic rings. The van der Waals surface area contributed by atoms with Crippen molar-refractivity contribution in [2.45, 2.75) is 38.6 Å².